The van der Waals surface area contributed by atoms with Crippen LogP contribution in [0.25, 0.3) is 72.0 Å². The molecule has 0 spiro atoms. The van der Waals surface area contributed by atoms with E-state index in [0.717, 1.165) is 55.8 Å². The summed E-state index contributed by atoms with van der Waals surface area (Å²) in [7, 11) is 0. The van der Waals surface area contributed by atoms with Gasteiger partial charge in [0, 0.05) is 33.0 Å². The Bertz CT molecular complexity index is 2790. The van der Waals surface area contributed by atoms with Gasteiger partial charge in [-0.3, -0.25) is 4.40 Å². The molecule has 0 fully saturated rings. The van der Waals surface area contributed by atoms with E-state index < -0.39 is 0 Å². The second-order valence-electron chi connectivity index (χ2n) is 12.7. The van der Waals surface area contributed by atoms with E-state index >= 15 is 0 Å². The first-order valence-electron chi connectivity index (χ1n) is 16.4. The van der Waals surface area contributed by atoms with Crippen LogP contribution in [0.3, 0.4) is 0 Å². The van der Waals surface area contributed by atoms with E-state index in [2.05, 4.69) is 166 Å². The minimum atomic E-state index is 0.0122. The third-order valence-electron chi connectivity index (χ3n) is 10.1. The SMILES string of the molecule is c1cc(-c2ccc3c(c2)C2Nc4ccccc4N2c2ccccc2-3)nc(-c2ccc3c4ccccc4n4c5ccccc5nc4c3c2)c1. The van der Waals surface area contributed by atoms with Gasteiger partial charge in [-0.15, -0.1) is 0 Å². The van der Waals surface area contributed by atoms with Gasteiger partial charge in [-0.2, -0.15) is 0 Å². The first-order chi connectivity index (χ1) is 23.8. The first kappa shape index (κ1) is 25.7. The number of nitrogens with one attached hydrogen (secondary N) is 1. The zero-order valence-corrected chi connectivity index (χ0v) is 25.8. The monoisotopic (exact) mass is 613 g/mol. The van der Waals surface area contributed by atoms with Gasteiger partial charge in [-0.25, -0.2) is 9.97 Å². The van der Waals surface area contributed by atoms with Crippen molar-refractivity contribution in [3.05, 3.63) is 157 Å². The van der Waals surface area contributed by atoms with E-state index in [1.807, 2.05) is 0 Å². The molecule has 5 heterocycles. The molecule has 3 aromatic heterocycles. The number of anilines is 3. The van der Waals surface area contributed by atoms with Gasteiger partial charge in [-0.05, 0) is 71.6 Å². The van der Waals surface area contributed by atoms with Crippen molar-refractivity contribution in [1.82, 2.24) is 14.4 Å². The van der Waals surface area contributed by atoms with Crippen molar-refractivity contribution in [2.45, 2.75) is 6.17 Å². The highest BCUT2D eigenvalue weighted by molar-refractivity contribution is 6.14. The van der Waals surface area contributed by atoms with Crippen LogP contribution in [0.5, 0.6) is 0 Å². The van der Waals surface area contributed by atoms with Crippen molar-refractivity contribution in [3.63, 3.8) is 0 Å². The largest absolute Gasteiger partial charge is 0.359 e. The molecule has 48 heavy (non-hydrogen) atoms. The van der Waals surface area contributed by atoms with E-state index in [4.69, 9.17) is 9.97 Å². The van der Waals surface area contributed by atoms with Crippen LogP contribution in [-0.2, 0) is 0 Å². The Morgan fingerprint density at radius 1 is 0.500 bits per heavy atom. The standard InChI is InChI=1S/C43H27N5/c1-5-16-38-30(10-1)28-22-20-26(24-32(28)42-45-36-12-3-7-18-40(36)47(38)42)34-14-9-15-35(44-34)27-21-23-29-31-11-2-6-17-39(31)48-41-19-8-4-13-37(41)46-43(48)33(29)25-27/h1-25,42,45H. The van der Waals surface area contributed by atoms with Crippen molar-refractivity contribution < 1.29 is 0 Å². The summed E-state index contributed by atoms with van der Waals surface area (Å²) in [5, 5.41) is 7.32. The molecule has 224 valence electrons. The third-order valence-corrected chi connectivity index (χ3v) is 10.1. The van der Waals surface area contributed by atoms with Crippen LogP contribution in [0.2, 0.25) is 0 Å². The number of imidazole rings is 1. The third kappa shape index (κ3) is 3.50. The van der Waals surface area contributed by atoms with Gasteiger partial charge in [0.2, 0.25) is 0 Å². The highest BCUT2D eigenvalue weighted by Gasteiger charge is 2.37. The molecule has 11 rings (SSSR count). The lowest BCUT2D eigenvalue weighted by Gasteiger charge is -2.35. The molecular formula is C43H27N5. The molecule has 1 N–H and O–H groups in total. The molecule has 0 aliphatic carbocycles. The Kier molecular flexibility index (Phi) is 5.10. The average molecular weight is 614 g/mol. The number of benzene rings is 6. The van der Waals surface area contributed by atoms with Gasteiger partial charge in [0.15, 0.2) is 0 Å². The molecular weight excluding hydrogens is 587 g/mol. The molecule has 0 radical (unpaired) electrons. The molecule has 6 aromatic carbocycles. The summed E-state index contributed by atoms with van der Waals surface area (Å²) in [4.78, 5) is 12.8. The number of hydrogen-bond donors (Lipinski definition) is 1. The fourth-order valence-electron chi connectivity index (χ4n) is 7.97. The Labute approximate surface area is 276 Å². The lowest BCUT2D eigenvalue weighted by Crippen LogP contribution is -2.27. The summed E-state index contributed by atoms with van der Waals surface area (Å²) < 4.78 is 2.30. The molecule has 0 bridgehead atoms. The fraction of sp³-hybridized carbons (Fsp3) is 0.0233. The summed E-state index contributed by atoms with van der Waals surface area (Å²) in [5.74, 6) is 0. The second kappa shape index (κ2) is 9.53. The fourth-order valence-corrected chi connectivity index (χ4v) is 7.97. The number of aromatic nitrogens is 3. The second-order valence-corrected chi connectivity index (χ2v) is 12.7. The number of rotatable bonds is 2. The van der Waals surface area contributed by atoms with Crippen LogP contribution in [0.4, 0.5) is 17.1 Å². The highest BCUT2D eigenvalue weighted by atomic mass is 15.3. The van der Waals surface area contributed by atoms with Crippen LogP contribution in [0.1, 0.15) is 11.7 Å². The Morgan fingerprint density at radius 3 is 2.15 bits per heavy atom. The minimum absolute atomic E-state index is 0.0122. The predicted octanol–water partition coefficient (Wildman–Crippen LogP) is 10.8. The molecule has 2 aliphatic rings. The number of fused-ring (bicyclic) bond motifs is 16. The van der Waals surface area contributed by atoms with Crippen molar-refractivity contribution in [2.75, 3.05) is 10.2 Å². The van der Waals surface area contributed by atoms with Crippen LogP contribution in [0.15, 0.2) is 152 Å². The van der Waals surface area contributed by atoms with E-state index in [9.17, 15) is 0 Å². The first-order valence-corrected chi connectivity index (χ1v) is 16.4. The topological polar surface area (TPSA) is 45.5 Å². The van der Waals surface area contributed by atoms with Crippen LogP contribution in [-0.4, -0.2) is 14.4 Å². The summed E-state index contributed by atoms with van der Waals surface area (Å²) >= 11 is 0. The average Bonchev–Trinajstić information content (AvgIpc) is 3.75. The maximum Gasteiger partial charge on any atom is 0.146 e. The smallest absolute Gasteiger partial charge is 0.146 e. The van der Waals surface area contributed by atoms with Gasteiger partial charge in [-0.1, -0.05) is 91.0 Å². The summed E-state index contributed by atoms with van der Waals surface area (Å²) in [6.07, 6.45) is 0.0122. The van der Waals surface area contributed by atoms with Gasteiger partial charge >= 0.3 is 0 Å². The van der Waals surface area contributed by atoms with Crippen molar-refractivity contribution >= 4 is 55.4 Å². The summed E-state index contributed by atoms with van der Waals surface area (Å²) in [5.41, 5.74) is 15.6. The highest BCUT2D eigenvalue weighted by Crippen LogP contribution is 2.54. The number of pyridine rings is 2. The molecule has 9 aromatic rings. The van der Waals surface area contributed by atoms with Gasteiger partial charge in [0.05, 0.1) is 45.0 Å². The molecule has 1 atom stereocenters. The zero-order valence-electron chi connectivity index (χ0n) is 25.8. The summed E-state index contributed by atoms with van der Waals surface area (Å²) in [6.45, 7) is 0. The molecule has 5 nitrogen and oxygen atoms in total. The maximum absolute atomic E-state index is 5.26. The van der Waals surface area contributed by atoms with Crippen LogP contribution >= 0.6 is 0 Å². The quantitative estimate of drug-likeness (QED) is 0.197. The molecule has 5 heteroatoms. The van der Waals surface area contributed by atoms with E-state index in [-0.39, 0.29) is 6.17 Å². The number of para-hydroxylation sites is 6. The van der Waals surface area contributed by atoms with Gasteiger partial charge < -0.3 is 10.2 Å². The van der Waals surface area contributed by atoms with E-state index in [1.165, 1.54) is 38.8 Å². The Morgan fingerprint density at radius 2 is 1.23 bits per heavy atom. The normalized spacial score (nSPS) is 14.6. The van der Waals surface area contributed by atoms with Gasteiger partial charge in [0.1, 0.15) is 11.8 Å². The Hall–Kier alpha value is -6.46. The molecule has 0 amide bonds. The van der Waals surface area contributed by atoms with Gasteiger partial charge in [0.25, 0.3) is 0 Å². The number of hydrogen-bond acceptors (Lipinski definition) is 4. The van der Waals surface area contributed by atoms with Crippen LogP contribution in [0, 0.1) is 0 Å². The molecule has 2 aliphatic heterocycles. The maximum atomic E-state index is 5.26. The minimum Gasteiger partial charge on any atom is -0.359 e. The number of nitrogens with zero attached hydrogens (tertiary/aromatic N) is 4. The lowest BCUT2D eigenvalue weighted by atomic mass is 9.89. The van der Waals surface area contributed by atoms with Crippen LogP contribution < -0.4 is 10.2 Å². The van der Waals surface area contributed by atoms with Crippen molar-refractivity contribution in [2.24, 2.45) is 0 Å². The van der Waals surface area contributed by atoms with E-state index in [0.29, 0.717) is 0 Å². The van der Waals surface area contributed by atoms with Crippen molar-refractivity contribution in [3.8, 4) is 33.6 Å². The van der Waals surface area contributed by atoms with Crippen molar-refractivity contribution in [1.29, 1.82) is 0 Å². The lowest BCUT2D eigenvalue weighted by molar-refractivity contribution is 0.819. The summed E-state index contributed by atoms with van der Waals surface area (Å²) in [6, 6.07) is 54.1. The molecule has 0 saturated carbocycles. The Balaban J connectivity index is 1.06. The molecule has 0 saturated heterocycles. The van der Waals surface area contributed by atoms with E-state index in [1.54, 1.807) is 0 Å². The predicted molar refractivity (Wildman–Crippen MR) is 197 cm³/mol. The molecule has 1 unspecified atom stereocenters. The zero-order chi connectivity index (χ0) is 31.3.